The number of amidine groups is 1. The van der Waals surface area contributed by atoms with Gasteiger partial charge in [0.1, 0.15) is 17.6 Å². The molecule has 1 fully saturated rings. The highest BCUT2D eigenvalue weighted by Gasteiger charge is 2.41. The highest BCUT2D eigenvalue weighted by Crippen LogP contribution is 2.33. The van der Waals surface area contributed by atoms with Crippen molar-refractivity contribution in [1.82, 2.24) is 9.91 Å². The molecule has 3 heterocycles. The molecule has 3 aliphatic heterocycles. The topological polar surface area (TPSA) is 80.9 Å². The molecule has 1 saturated heterocycles. The molecule has 132 valence electrons. The van der Waals surface area contributed by atoms with Gasteiger partial charge in [0.15, 0.2) is 0 Å². The van der Waals surface area contributed by atoms with Crippen LogP contribution in [0.15, 0.2) is 40.6 Å². The third-order valence-corrected chi connectivity index (χ3v) is 4.92. The summed E-state index contributed by atoms with van der Waals surface area (Å²) in [5.74, 6) is 1.25. The second-order valence-corrected chi connectivity index (χ2v) is 6.50. The Labute approximate surface area is 146 Å². The Bertz CT molecular complexity index is 752. The third-order valence-electron chi connectivity index (χ3n) is 4.92. The lowest BCUT2D eigenvalue weighted by molar-refractivity contribution is 0.0646. The monoisotopic (exact) mass is 342 g/mol. The molecule has 1 aromatic carbocycles. The molecule has 0 amide bonds. The van der Waals surface area contributed by atoms with Crippen LogP contribution in [0.1, 0.15) is 12.5 Å². The van der Waals surface area contributed by atoms with E-state index in [0.29, 0.717) is 13.2 Å². The quantitative estimate of drug-likeness (QED) is 0.841. The molecule has 3 aliphatic rings. The number of aliphatic hydroxyl groups is 1. The number of morpholine rings is 1. The largest absolute Gasteiger partial charge is 0.508 e. The zero-order chi connectivity index (χ0) is 17.4. The minimum absolute atomic E-state index is 0.0127. The number of hydrazone groups is 1. The van der Waals surface area contributed by atoms with Crippen LogP contribution >= 0.6 is 0 Å². The van der Waals surface area contributed by atoms with Crippen molar-refractivity contribution < 1.29 is 14.9 Å². The van der Waals surface area contributed by atoms with Crippen molar-refractivity contribution in [3.63, 3.8) is 0 Å². The maximum absolute atomic E-state index is 9.79. The molecule has 0 spiro atoms. The molecule has 0 aromatic heterocycles. The number of aliphatic hydroxyl groups excluding tert-OH is 1. The molecular formula is C18H22N4O3. The number of phenolic OH excluding ortho intramolecular Hbond substituents is 1. The first-order chi connectivity index (χ1) is 12.2. The maximum Gasteiger partial charge on any atom is 0.131 e. The van der Waals surface area contributed by atoms with Gasteiger partial charge < -0.3 is 19.8 Å². The lowest BCUT2D eigenvalue weighted by atomic mass is 9.95. The predicted octanol–water partition coefficient (Wildman–Crippen LogP) is 1.10. The van der Waals surface area contributed by atoms with E-state index in [1.807, 2.05) is 17.3 Å². The van der Waals surface area contributed by atoms with Gasteiger partial charge in [0.2, 0.25) is 0 Å². The average Bonchev–Trinajstić information content (AvgIpc) is 2.98. The molecule has 2 atom stereocenters. The minimum Gasteiger partial charge on any atom is -0.508 e. The highest BCUT2D eigenvalue weighted by molar-refractivity contribution is 6.01. The van der Waals surface area contributed by atoms with Gasteiger partial charge in [0.25, 0.3) is 0 Å². The van der Waals surface area contributed by atoms with Gasteiger partial charge in [0, 0.05) is 24.6 Å². The number of fused-ring (bicyclic) bond motifs is 1. The first kappa shape index (κ1) is 16.1. The first-order valence-corrected chi connectivity index (χ1v) is 8.56. The van der Waals surface area contributed by atoms with E-state index in [4.69, 9.17) is 9.73 Å². The summed E-state index contributed by atoms with van der Waals surface area (Å²) in [7, 11) is 0. The van der Waals surface area contributed by atoms with E-state index in [2.05, 4.69) is 16.9 Å². The zero-order valence-electron chi connectivity index (χ0n) is 14.2. The summed E-state index contributed by atoms with van der Waals surface area (Å²) >= 11 is 0. The van der Waals surface area contributed by atoms with Crippen molar-refractivity contribution >= 4 is 17.2 Å². The van der Waals surface area contributed by atoms with E-state index < -0.39 is 0 Å². The molecule has 7 nitrogen and oxygen atoms in total. The van der Waals surface area contributed by atoms with E-state index in [0.717, 1.165) is 35.9 Å². The van der Waals surface area contributed by atoms with Gasteiger partial charge in [-0.15, -0.1) is 0 Å². The number of ether oxygens (including phenoxy) is 1. The molecule has 7 heteroatoms. The van der Waals surface area contributed by atoms with E-state index in [-0.39, 0.29) is 24.3 Å². The molecule has 25 heavy (non-hydrogen) atoms. The first-order valence-electron chi connectivity index (χ1n) is 8.56. The van der Waals surface area contributed by atoms with E-state index in [1.54, 1.807) is 18.2 Å². The Balaban J connectivity index is 1.75. The summed E-state index contributed by atoms with van der Waals surface area (Å²) in [5, 5.41) is 25.9. The Morgan fingerprint density at radius 1 is 1.28 bits per heavy atom. The maximum atomic E-state index is 9.79. The molecular weight excluding hydrogens is 320 g/mol. The number of rotatable bonds is 2. The second kappa shape index (κ2) is 6.50. The van der Waals surface area contributed by atoms with Crippen molar-refractivity contribution in [2.75, 3.05) is 32.9 Å². The number of aliphatic imine (C=N–C) groups is 1. The van der Waals surface area contributed by atoms with Crippen molar-refractivity contribution in [1.29, 1.82) is 0 Å². The summed E-state index contributed by atoms with van der Waals surface area (Å²) < 4.78 is 5.47. The van der Waals surface area contributed by atoms with Crippen LogP contribution in [-0.4, -0.2) is 70.6 Å². The zero-order valence-corrected chi connectivity index (χ0v) is 14.2. The Morgan fingerprint density at radius 3 is 2.80 bits per heavy atom. The summed E-state index contributed by atoms with van der Waals surface area (Å²) in [5.41, 5.74) is 2.35. The van der Waals surface area contributed by atoms with Crippen LogP contribution in [0.5, 0.6) is 5.75 Å². The normalized spacial score (nSPS) is 26.1. The van der Waals surface area contributed by atoms with Crippen molar-refractivity contribution in [2.24, 2.45) is 16.0 Å². The number of aromatic hydroxyl groups is 1. The van der Waals surface area contributed by atoms with Gasteiger partial charge >= 0.3 is 0 Å². The Hall–Kier alpha value is -2.38. The predicted molar refractivity (Wildman–Crippen MR) is 95.2 cm³/mol. The summed E-state index contributed by atoms with van der Waals surface area (Å²) in [6.07, 6.45) is 1.89. The summed E-state index contributed by atoms with van der Waals surface area (Å²) in [6.45, 7) is 4.95. The smallest absolute Gasteiger partial charge is 0.131 e. The van der Waals surface area contributed by atoms with Crippen LogP contribution < -0.4 is 0 Å². The fourth-order valence-electron chi connectivity index (χ4n) is 3.54. The fraction of sp³-hybridized carbons (Fsp3) is 0.444. The van der Waals surface area contributed by atoms with E-state index >= 15 is 0 Å². The molecule has 0 saturated carbocycles. The van der Waals surface area contributed by atoms with Crippen molar-refractivity contribution in [2.45, 2.75) is 13.0 Å². The Kier molecular flexibility index (Phi) is 4.19. The van der Waals surface area contributed by atoms with E-state index in [9.17, 15) is 10.2 Å². The van der Waals surface area contributed by atoms with Crippen LogP contribution in [-0.2, 0) is 4.74 Å². The van der Waals surface area contributed by atoms with Gasteiger partial charge in [0.05, 0.1) is 37.4 Å². The van der Waals surface area contributed by atoms with Gasteiger partial charge in [-0.25, -0.2) is 4.99 Å². The molecule has 1 aromatic rings. The second-order valence-electron chi connectivity index (χ2n) is 6.50. The van der Waals surface area contributed by atoms with Crippen LogP contribution in [0.2, 0.25) is 0 Å². The van der Waals surface area contributed by atoms with Gasteiger partial charge in [-0.1, -0.05) is 19.1 Å². The van der Waals surface area contributed by atoms with Crippen molar-refractivity contribution in [3.8, 4) is 5.75 Å². The van der Waals surface area contributed by atoms with Crippen LogP contribution in [0.25, 0.3) is 5.70 Å². The number of hydrogen-bond donors (Lipinski definition) is 2. The highest BCUT2D eigenvalue weighted by atomic mass is 16.5. The SMILES string of the molecule is CC1C(CO)=NN2C=C(c3cccc(O)c3)N=C(N3CCOCC3)C12. The summed E-state index contributed by atoms with van der Waals surface area (Å²) in [4.78, 5) is 7.16. The minimum atomic E-state index is -0.0557. The summed E-state index contributed by atoms with van der Waals surface area (Å²) in [6, 6.07) is 7.05. The Morgan fingerprint density at radius 2 is 2.08 bits per heavy atom. The molecule has 0 radical (unpaired) electrons. The fourth-order valence-corrected chi connectivity index (χ4v) is 3.54. The van der Waals surface area contributed by atoms with Crippen molar-refractivity contribution in [3.05, 3.63) is 36.0 Å². The third kappa shape index (κ3) is 2.89. The number of benzene rings is 1. The average molecular weight is 342 g/mol. The van der Waals surface area contributed by atoms with Gasteiger partial charge in [-0.3, -0.25) is 5.01 Å². The van der Waals surface area contributed by atoms with Crippen LogP contribution in [0.4, 0.5) is 0 Å². The molecule has 2 N–H and O–H groups in total. The molecule has 4 rings (SSSR count). The van der Waals surface area contributed by atoms with E-state index in [1.165, 1.54) is 0 Å². The molecule has 0 bridgehead atoms. The van der Waals surface area contributed by atoms with Gasteiger partial charge in [-0.2, -0.15) is 5.10 Å². The van der Waals surface area contributed by atoms with Gasteiger partial charge in [-0.05, 0) is 12.1 Å². The molecule has 0 aliphatic carbocycles. The lowest BCUT2D eigenvalue weighted by Gasteiger charge is -2.38. The molecule has 2 unspecified atom stereocenters. The number of hydrogen-bond acceptors (Lipinski definition) is 7. The number of phenols is 1. The lowest BCUT2D eigenvalue weighted by Crippen LogP contribution is -2.52. The van der Waals surface area contributed by atoms with Crippen LogP contribution in [0, 0.1) is 5.92 Å². The standard InChI is InChI=1S/C18H22N4O3/c1-12-16(11-23)20-22-10-15(13-3-2-4-14(24)9-13)19-18(17(12)22)21-5-7-25-8-6-21/h2-4,9-10,12,17,23-24H,5-8,11H2,1H3. The van der Waals surface area contributed by atoms with Crippen LogP contribution in [0.3, 0.4) is 0 Å². The number of nitrogens with zero attached hydrogens (tertiary/aromatic N) is 4.